The highest BCUT2D eigenvalue weighted by molar-refractivity contribution is 6.68. The van der Waals surface area contributed by atoms with Gasteiger partial charge >= 0.3 is 0 Å². The molecule has 0 aliphatic carbocycles. The second-order valence-corrected chi connectivity index (χ2v) is 1.91. The molecule has 0 saturated heterocycles. The first-order chi connectivity index (χ1) is 4.86. The number of hydrogen-bond donors (Lipinski definition) is 1. The van der Waals surface area contributed by atoms with Crippen molar-refractivity contribution in [2.75, 3.05) is 0 Å². The van der Waals surface area contributed by atoms with Gasteiger partial charge in [-0.05, 0) is 6.08 Å². The lowest BCUT2D eigenvalue weighted by Crippen LogP contribution is -2.16. The molecule has 48 valence electrons. The Hall–Kier alpha value is -1.58. The van der Waals surface area contributed by atoms with E-state index in [4.69, 9.17) is 5.41 Å². The van der Waals surface area contributed by atoms with Gasteiger partial charge in [-0.15, -0.1) is 0 Å². The summed E-state index contributed by atoms with van der Waals surface area (Å²) in [4.78, 5) is 11.5. The zero-order valence-electron chi connectivity index (χ0n) is 5.07. The average molecular weight is 132 g/mol. The Labute approximate surface area is 57.2 Å². The van der Waals surface area contributed by atoms with Gasteiger partial charge in [-0.3, -0.25) is 10.4 Å². The fraction of sp³-hybridized carbons (Fsp3) is 0. The molecule has 4 heteroatoms. The van der Waals surface area contributed by atoms with Gasteiger partial charge in [0.15, 0.2) is 0 Å². The number of nitrogens with one attached hydrogen (secondary N) is 1. The highest BCUT2D eigenvalue weighted by atomic mass is 15.1. The number of aliphatic imine (C=N–C) groups is 3. The summed E-state index contributed by atoms with van der Waals surface area (Å²) < 4.78 is 0. The molecular weight excluding hydrogens is 128 g/mol. The number of nitrogens with zero attached hydrogens (tertiary/aromatic N) is 3. The molecular formula is C6H4N4. The molecule has 0 bridgehead atoms. The van der Waals surface area contributed by atoms with E-state index in [2.05, 4.69) is 15.0 Å². The molecule has 0 unspecified atom stereocenters. The molecule has 0 radical (unpaired) electrons. The minimum atomic E-state index is 0.0421. The Morgan fingerprint density at radius 1 is 1.30 bits per heavy atom. The van der Waals surface area contributed by atoms with Crippen molar-refractivity contribution in [2.45, 2.75) is 0 Å². The van der Waals surface area contributed by atoms with Gasteiger partial charge in [0.25, 0.3) is 0 Å². The Balaban J connectivity index is 2.51. The van der Waals surface area contributed by atoms with Crippen molar-refractivity contribution in [2.24, 2.45) is 15.0 Å². The molecule has 1 N–H and O–H groups in total. The molecule has 0 atom stereocenters. The Morgan fingerprint density at radius 2 is 2.20 bits per heavy atom. The molecule has 0 saturated carbocycles. The summed E-state index contributed by atoms with van der Waals surface area (Å²) in [6, 6.07) is 0. The Kier molecular flexibility index (Phi) is 0.887. The topological polar surface area (TPSA) is 60.9 Å². The van der Waals surface area contributed by atoms with Crippen LogP contribution in [0.5, 0.6) is 0 Å². The maximum absolute atomic E-state index is 7.07. The molecule has 10 heavy (non-hydrogen) atoms. The second-order valence-electron chi connectivity index (χ2n) is 1.91. The first kappa shape index (κ1) is 5.22. The number of guanidine groups is 1. The van der Waals surface area contributed by atoms with Crippen LogP contribution in [0.15, 0.2) is 27.3 Å². The van der Waals surface area contributed by atoms with Crippen molar-refractivity contribution in [3.8, 4) is 0 Å². The van der Waals surface area contributed by atoms with E-state index in [0.717, 1.165) is 11.4 Å². The third-order valence-electron chi connectivity index (χ3n) is 1.24. The molecule has 2 aliphatic rings. The lowest BCUT2D eigenvalue weighted by molar-refractivity contribution is 1.38. The number of hydrogen-bond acceptors (Lipinski definition) is 2. The summed E-state index contributed by atoms with van der Waals surface area (Å²) >= 11 is 0. The quantitative estimate of drug-likeness (QED) is 0.496. The molecule has 0 aromatic heterocycles. The van der Waals surface area contributed by atoms with Gasteiger partial charge < -0.3 is 0 Å². The van der Waals surface area contributed by atoms with Crippen molar-refractivity contribution in [1.82, 2.24) is 0 Å². The van der Waals surface area contributed by atoms with Gasteiger partial charge in [0.1, 0.15) is 5.71 Å². The molecule has 0 aromatic carbocycles. The van der Waals surface area contributed by atoms with E-state index >= 15 is 0 Å². The highest BCUT2D eigenvalue weighted by Crippen LogP contribution is 2.01. The highest BCUT2D eigenvalue weighted by Gasteiger charge is 2.12. The molecule has 2 heterocycles. The Bertz CT molecular complexity index is 306. The monoisotopic (exact) mass is 132 g/mol. The molecule has 4 nitrogen and oxygen atoms in total. The number of rotatable bonds is 0. The van der Waals surface area contributed by atoms with Crippen molar-refractivity contribution in [3.05, 3.63) is 12.3 Å². The summed E-state index contributed by atoms with van der Waals surface area (Å²) in [5.41, 5.74) is 1.48. The number of allylic oxidation sites excluding steroid dienone is 1. The van der Waals surface area contributed by atoms with E-state index in [1.807, 2.05) is 0 Å². The van der Waals surface area contributed by atoms with Crippen LogP contribution in [-0.2, 0) is 0 Å². The van der Waals surface area contributed by atoms with Gasteiger partial charge in [0.2, 0.25) is 5.96 Å². The van der Waals surface area contributed by atoms with E-state index in [9.17, 15) is 0 Å². The van der Waals surface area contributed by atoms with E-state index in [1.165, 1.54) is 0 Å². The van der Waals surface area contributed by atoms with Crippen molar-refractivity contribution < 1.29 is 0 Å². The third-order valence-corrected chi connectivity index (χ3v) is 1.24. The first-order valence-electron chi connectivity index (χ1n) is 2.82. The van der Waals surface area contributed by atoms with Crippen LogP contribution in [0.25, 0.3) is 0 Å². The van der Waals surface area contributed by atoms with E-state index in [-0.39, 0.29) is 5.96 Å². The summed E-state index contributed by atoms with van der Waals surface area (Å²) in [5, 5.41) is 7.07. The predicted octanol–water partition coefficient (Wildman–Crippen LogP) is 0.415. The van der Waals surface area contributed by atoms with E-state index < -0.39 is 0 Å². The number of fused-ring (bicyclic) bond motifs is 1. The smallest absolute Gasteiger partial charge is 0.242 e. The molecule has 0 fully saturated rings. The molecule has 0 spiro atoms. The summed E-state index contributed by atoms with van der Waals surface area (Å²) in [5.74, 6) is 0.0421. The SMILES string of the molecule is N=C1N=CC2=NC=CC2=N1. The van der Waals surface area contributed by atoms with Crippen LogP contribution in [0.4, 0.5) is 0 Å². The van der Waals surface area contributed by atoms with Gasteiger partial charge in [-0.1, -0.05) is 0 Å². The lowest BCUT2D eigenvalue weighted by atomic mass is 10.2. The van der Waals surface area contributed by atoms with Gasteiger partial charge in [0.05, 0.1) is 11.9 Å². The molecule has 0 amide bonds. The zero-order valence-corrected chi connectivity index (χ0v) is 5.07. The summed E-state index contributed by atoms with van der Waals surface area (Å²) in [6.45, 7) is 0. The second kappa shape index (κ2) is 1.70. The first-order valence-corrected chi connectivity index (χ1v) is 2.82. The van der Waals surface area contributed by atoms with Crippen LogP contribution < -0.4 is 0 Å². The minimum absolute atomic E-state index is 0.0421. The van der Waals surface area contributed by atoms with Crippen molar-refractivity contribution in [3.63, 3.8) is 0 Å². The Morgan fingerprint density at radius 3 is 3.10 bits per heavy atom. The van der Waals surface area contributed by atoms with Gasteiger partial charge in [0, 0.05) is 6.20 Å². The average Bonchev–Trinajstić information content (AvgIpc) is 2.33. The normalized spacial score (nSPS) is 20.6. The molecule has 2 aliphatic heterocycles. The van der Waals surface area contributed by atoms with Crippen LogP contribution in [-0.4, -0.2) is 23.6 Å². The van der Waals surface area contributed by atoms with Crippen molar-refractivity contribution >= 4 is 23.6 Å². The predicted molar refractivity (Wildman–Crippen MR) is 40.2 cm³/mol. The van der Waals surface area contributed by atoms with Crippen molar-refractivity contribution in [1.29, 1.82) is 5.41 Å². The van der Waals surface area contributed by atoms with E-state index in [1.54, 1.807) is 18.5 Å². The fourth-order valence-corrected chi connectivity index (χ4v) is 0.799. The molecule has 2 rings (SSSR count). The van der Waals surface area contributed by atoms with Crippen LogP contribution in [0.1, 0.15) is 0 Å². The lowest BCUT2D eigenvalue weighted by Gasteiger charge is -1.99. The maximum atomic E-state index is 7.07. The van der Waals surface area contributed by atoms with Crippen LogP contribution in [0.3, 0.4) is 0 Å². The van der Waals surface area contributed by atoms with Crippen LogP contribution >= 0.6 is 0 Å². The van der Waals surface area contributed by atoms with Gasteiger partial charge in [-0.2, -0.15) is 0 Å². The third kappa shape index (κ3) is 0.621. The van der Waals surface area contributed by atoms with Crippen LogP contribution in [0.2, 0.25) is 0 Å². The minimum Gasteiger partial charge on any atom is -0.265 e. The maximum Gasteiger partial charge on any atom is 0.242 e. The zero-order chi connectivity index (χ0) is 6.97. The fourth-order valence-electron chi connectivity index (χ4n) is 0.799. The van der Waals surface area contributed by atoms with E-state index in [0.29, 0.717) is 0 Å². The molecule has 0 aromatic rings. The standard InChI is InChI=1S/C6H4N4/c7-6-9-3-5-4(10-6)1-2-8-5/h1-3,7H. The van der Waals surface area contributed by atoms with Crippen LogP contribution in [0, 0.1) is 5.41 Å². The summed E-state index contributed by atoms with van der Waals surface area (Å²) in [7, 11) is 0. The largest absolute Gasteiger partial charge is 0.265 e. The summed E-state index contributed by atoms with van der Waals surface area (Å²) in [6.07, 6.45) is 4.96. The van der Waals surface area contributed by atoms with Gasteiger partial charge in [-0.25, -0.2) is 9.98 Å².